The van der Waals surface area contributed by atoms with Gasteiger partial charge in [0.05, 0.1) is 5.69 Å². The molecule has 4 aromatic rings. The summed E-state index contributed by atoms with van der Waals surface area (Å²) in [6.45, 7) is 0.797. The highest BCUT2D eigenvalue weighted by Gasteiger charge is 2.05. The lowest BCUT2D eigenvalue weighted by Crippen LogP contribution is -1.98. The molecule has 0 aliphatic heterocycles. The molecular weight excluding hydrogens is 300 g/mol. The molecule has 0 saturated carbocycles. The highest BCUT2D eigenvalue weighted by molar-refractivity contribution is 7.14. The standard InChI is InChI=1S/C20H16N2S/c1-2-6-15(7-3-1)13-21-20-22-19(14-23-20)18-11-10-16-8-4-5-9-17(16)12-18/h1-12,14H,13H2,(H,21,22). The minimum absolute atomic E-state index is 0.797. The largest absolute Gasteiger partial charge is 0.357 e. The van der Waals surface area contributed by atoms with Gasteiger partial charge in [-0.2, -0.15) is 0 Å². The van der Waals surface area contributed by atoms with Crippen LogP contribution >= 0.6 is 11.3 Å². The Hall–Kier alpha value is -2.65. The third kappa shape index (κ3) is 3.10. The first-order valence-corrected chi connectivity index (χ1v) is 8.49. The zero-order chi connectivity index (χ0) is 15.5. The van der Waals surface area contributed by atoms with Crippen LogP contribution in [0.15, 0.2) is 78.2 Å². The second kappa shape index (κ2) is 6.23. The maximum absolute atomic E-state index is 4.71. The van der Waals surface area contributed by atoms with Gasteiger partial charge in [0.15, 0.2) is 5.13 Å². The number of rotatable bonds is 4. The minimum Gasteiger partial charge on any atom is -0.357 e. The lowest BCUT2D eigenvalue weighted by Gasteiger charge is -2.03. The topological polar surface area (TPSA) is 24.9 Å². The molecule has 0 unspecified atom stereocenters. The van der Waals surface area contributed by atoms with Crippen molar-refractivity contribution in [1.82, 2.24) is 4.98 Å². The van der Waals surface area contributed by atoms with Crippen molar-refractivity contribution >= 4 is 27.2 Å². The molecule has 0 atom stereocenters. The predicted octanol–water partition coefficient (Wildman–Crippen LogP) is 5.58. The van der Waals surface area contributed by atoms with E-state index in [1.165, 1.54) is 16.3 Å². The van der Waals surface area contributed by atoms with E-state index < -0.39 is 0 Å². The van der Waals surface area contributed by atoms with E-state index in [0.717, 1.165) is 22.9 Å². The quantitative estimate of drug-likeness (QED) is 0.532. The fourth-order valence-electron chi connectivity index (χ4n) is 2.61. The Balaban J connectivity index is 1.54. The summed E-state index contributed by atoms with van der Waals surface area (Å²) in [7, 11) is 0. The maximum atomic E-state index is 4.71. The van der Waals surface area contributed by atoms with Crippen molar-refractivity contribution in [2.75, 3.05) is 5.32 Å². The Morgan fingerprint density at radius 2 is 1.61 bits per heavy atom. The Morgan fingerprint density at radius 1 is 0.826 bits per heavy atom. The fraction of sp³-hybridized carbons (Fsp3) is 0.0500. The van der Waals surface area contributed by atoms with Crippen molar-refractivity contribution < 1.29 is 0 Å². The Bertz CT molecular complexity index is 928. The van der Waals surface area contributed by atoms with E-state index in [0.29, 0.717) is 0 Å². The highest BCUT2D eigenvalue weighted by Crippen LogP contribution is 2.27. The Labute approximate surface area is 139 Å². The molecule has 2 nitrogen and oxygen atoms in total. The summed E-state index contributed by atoms with van der Waals surface area (Å²) in [5.41, 5.74) is 3.44. The zero-order valence-electron chi connectivity index (χ0n) is 12.6. The number of benzene rings is 3. The molecule has 3 aromatic carbocycles. The van der Waals surface area contributed by atoms with Crippen molar-refractivity contribution in [3.63, 3.8) is 0 Å². The van der Waals surface area contributed by atoms with Gasteiger partial charge in [0, 0.05) is 17.5 Å². The molecule has 0 radical (unpaired) electrons. The molecule has 0 aliphatic rings. The molecule has 1 N–H and O–H groups in total. The first-order chi connectivity index (χ1) is 11.4. The third-order valence-corrected chi connectivity index (χ3v) is 4.64. The second-order valence-electron chi connectivity index (χ2n) is 5.44. The number of nitrogens with one attached hydrogen (secondary N) is 1. The van der Waals surface area contributed by atoms with Crippen molar-refractivity contribution in [3.05, 3.63) is 83.7 Å². The van der Waals surface area contributed by atoms with E-state index in [2.05, 4.69) is 77.4 Å². The number of thiazole rings is 1. The summed E-state index contributed by atoms with van der Waals surface area (Å²) in [5.74, 6) is 0. The molecule has 0 saturated heterocycles. The molecule has 0 bridgehead atoms. The van der Waals surface area contributed by atoms with Crippen molar-refractivity contribution in [2.45, 2.75) is 6.54 Å². The van der Waals surface area contributed by atoms with Gasteiger partial charge < -0.3 is 5.32 Å². The van der Waals surface area contributed by atoms with Gasteiger partial charge in [0.25, 0.3) is 0 Å². The Kier molecular flexibility index (Phi) is 3.78. The summed E-state index contributed by atoms with van der Waals surface area (Å²) < 4.78 is 0. The van der Waals surface area contributed by atoms with Gasteiger partial charge in [-0.25, -0.2) is 4.98 Å². The smallest absolute Gasteiger partial charge is 0.183 e. The van der Waals surface area contributed by atoms with E-state index in [1.54, 1.807) is 11.3 Å². The molecule has 0 amide bonds. The van der Waals surface area contributed by atoms with E-state index in [-0.39, 0.29) is 0 Å². The average molecular weight is 316 g/mol. The van der Waals surface area contributed by atoms with Crippen LogP contribution in [0, 0.1) is 0 Å². The van der Waals surface area contributed by atoms with Gasteiger partial charge in [0.1, 0.15) is 0 Å². The van der Waals surface area contributed by atoms with Crippen LogP contribution in [-0.4, -0.2) is 4.98 Å². The monoisotopic (exact) mass is 316 g/mol. The van der Waals surface area contributed by atoms with Crippen LogP contribution < -0.4 is 5.32 Å². The molecule has 0 spiro atoms. The minimum atomic E-state index is 0.797. The molecule has 1 heterocycles. The number of hydrogen-bond acceptors (Lipinski definition) is 3. The predicted molar refractivity (Wildman–Crippen MR) is 98.8 cm³/mol. The van der Waals surface area contributed by atoms with Gasteiger partial charge in [-0.3, -0.25) is 0 Å². The normalized spacial score (nSPS) is 10.8. The summed E-state index contributed by atoms with van der Waals surface area (Å²) in [5, 5.41) is 8.97. The van der Waals surface area contributed by atoms with Crippen LogP contribution in [0.3, 0.4) is 0 Å². The summed E-state index contributed by atoms with van der Waals surface area (Å²) in [6, 6.07) is 25.3. The van der Waals surface area contributed by atoms with Crippen LogP contribution in [-0.2, 0) is 6.54 Å². The lowest BCUT2D eigenvalue weighted by molar-refractivity contribution is 1.14. The van der Waals surface area contributed by atoms with Crippen molar-refractivity contribution in [2.24, 2.45) is 0 Å². The number of fused-ring (bicyclic) bond motifs is 1. The molecular formula is C20H16N2S. The van der Waals surface area contributed by atoms with E-state index >= 15 is 0 Å². The van der Waals surface area contributed by atoms with Crippen molar-refractivity contribution in [1.29, 1.82) is 0 Å². The maximum Gasteiger partial charge on any atom is 0.183 e. The molecule has 23 heavy (non-hydrogen) atoms. The Morgan fingerprint density at radius 3 is 2.48 bits per heavy atom. The zero-order valence-corrected chi connectivity index (χ0v) is 13.4. The van der Waals surface area contributed by atoms with Gasteiger partial charge in [-0.1, -0.05) is 66.7 Å². The summed E-state index contributed by atoms with van der Waals surface area (Å²) in [4.78, 5) is 4.71. The van der Waals surface area contributed by atoms with Crippen LogP contribution in [0.4, 0.5) is 5.13 Å². The van der Waals surface area contributed by atoms with Crippen molar-refractivity contribution in [3.8, 4) is 11.3 Å². The first-order valence-electron chi connectivity index (χ1n) is 7.61. The summed E-state index contributed by atoms with van der Waals surface area (Å²) >= 11 is 1.65. The first kappa shape index (κ1) is 14.0. The molecule has 0 fully saturated rings. The molecule has 1 aromatic heterocycles. The van der Waals surface area contributed by atoms with E-state index in [4.69, 9.17) is 4.98 Å². The van der Waals surface area contributed by atoms with Gasteiger partial charge in [-0.15, -0.1) is 11.3 Å². The van der Waals surface area contributed by atoms with Crippen LogP contribution in [0.25, 0.3) is 22.0 Å². The highest BCUT2D eigenvalue weighted by atomic mass is 32.1. The van der Waals surface area contributed by atoms with Crippen LogP contribution in [0.2, 0.25) is 0 Å². The SMILES string of the molecule is c1ccc(CNc2nc(-c3ccc4ccccc4c3)cs2)cc1. The number of nitrogens with zero attached hydrogens (tertiary/aromatic N) is 1. The molecule has 112 valence electrons. The number of hydrogen-bond donors (Lipinski definition) is 1. The average Bonchev–Trinajstić information content (AvgIpc) is 3.09. The van der Waals surface area contributed by atoms with Gasteiger partial charge >= 0.3 is 0 Å². The van der Waals surface area contributed by atoms with Gasteiger partial charge in [0.2, 0.25) is 0 Å². The number of aromatic nitrogens is 1. The second-order valence-corrected chi connectivity index (χ2v) is 6.30. The van der Waals surface area contributed by atoms with Crippen LogP contribution in [0.1, 0.15) is 5.56 Å². The van der Waals surface area contributed by atoms with E-state index in [1.807, 2.05) is 6.07 Å². The summed E-state index contributed by atoms with van der Waals surface area (Å²) in [6.07, 6.45) is 0. The lowest BCUT2D eigenvalue weighted by atomic mass is 10.1. The van der Waals surface area contributed by atoms with Gasteiger partial charge in [-0.05, 0) is 22.4 Å². The molecule has 3 heteroatoms. The third-order valence-electron chi connectivity index (χ3n) is 3.84. The van der Waals surface area contributed by atoms with E-state index in [9.17, 15) is 0 Å². The molecule has 4 rings (SSSR count). The van der Waals surface area contributed by atoms with Crippen LogP contribution in [0.5, 0.6) is 0 Å². The number of anilines is 1. The fourth-order valence-corrected chi connectivity index (χ4v) is 3.33. The molecule has 0 aliphatic carbocycles.